The number of rotatable bonds is 4. The molecule has 1 aliphatic heterocycles. The van der Waals surface area contributed by atoms with Crippen LogP contribution in [0.15, 0.2) is 0 Å². The third-order valence-corrected chi connectivity index (χ3v) is 5.79. The van der Waals surface area contributed by atoms with Crippen molar-refractivity contribution in [2.45, 2.75) is 71.9 Å². The summed E-state index contributed by atoms with van der Waals surface area (Å²) in [6.45, 7) is 13.3. The molecule has 1 heterocycles. The predicted octanol–water partition coefficient (Wildman–Crippen LogP) is 3.52. The first-order valence-electron chi connectivity index (χ1n) is 8.59. The molecule has 0 aromatic heterocycles. The van der Waals surface area contributed by atoms with Crippen molar-refractivity contribution < 1.29 is 0 Å². The SMILES string of the molecule is CCNC1CCN(CC2CCC(C)CC2)C(C)C1C. The van der Waals surface area contributed by atoms with E-state index in [9.17, 15) is 0 Å². The molecular weight excluding hydrogens is 232 g/mol. The molecule has 3 atom stereocenters. The molecule has 1 saturated carbocycles. The lowest BCUT2D eigenvalue weighted by Gasteiger charge is -2.45. The van der Waals surface area contributed by atoms with Gasteiger partial charge in [0.05, 0.1) is 0 Å². The van der Waals surface area contributed by atoms with Crippen LogP contribution >= 0.6 is 0 Å². The Morgan fingerprint density at radius 1 is 1.00 bits per heavy atom. The van der Waals surface area contributed by atoms with E-state index in [-0.39, 0.29) is 0 Å². The van der Waals surface area contributed by atoms with Gasteiger partial charge in [-0.15, -0.1) is 0 Å². The van der Waals surface area contributed by atoms with Gasteiger partial charge in [-0.3, -0.25) is 0 Å². The summed E-state index contributed by atoms with van der Waals surface area (Å²) < 4.78 is 0. The van der Waals surface area contributed by atoms with Gasteiger partial charge in [-0.05, 0) is 57.0 Å². The molecule has 1 N–H and O–H groups in total. The van der Waals surface area contributed by atoms with E-state index in [0.29, 0.717) is 0 Å². The van der Waals surface area contributed by atoms with Gasteiger partial charge in [0, 0.05) is 18.6 Å². The molecule has 2 rings (SSSR count). The second-order valence-corrected chi connectivity index (χ2v) is 7.17. The maximum atomic E-state index is 3.67. The Morgan fingerprint density at radius 2 is 1.68 bits per heavy atom. The monoisotopic (exact) mass is 266 g/mol. The summed E-state index contributed by atoms with van der Waals surface area (Å²) in [5.41, 5.74) is 0. The van der Waals surface area contributed by atoms with Crippen LogP contribution in [0.5, 0.6) is 0 Å². The van der Waals surface area contributed by atoms with Crippen molar-refractivity contribution in [3.8, 4) is 0 Å². The van der Waals surface area contributed by atoms with Crippen molar-refractivity contribution in [3.05, 3.63) is 0 Å². The lowest BCUT2D eigenvalue weighted by molar-refractivity contribution is 0.0617. The van der Waals surface area contributed by atoms with Crippen molar-refractivity contribution in [2.24, 2.45) is 17.8 Å². The average Bonchev–Trinajstić information content (AvgIpc) is 2.41. The Kier molecular flexibility index (Phi) is 5.70. The second-order valence-electron chi connectivity index (χ2n) is 7.17. The van der Waals surface area contributed by atoms with Gasteiger partial charge in [0.15, 0.2) is 0 Å². The molecule has 1 aliphatic carbocycles. The van der Waals surface area contributed by atoms with Crippen LogP contribution in [0, 0.1) is 17.8 Å². The molecule has 0 aromatic rings. The Morgan fingerprint density at radius 3 is 2.32 bits per heavy atom. The molecule has 19 heavy (non-hydrogen) atoms. The largest absolute Gasteiger partial charge is 0.314 e. The lowest BCUT2D eigenvalue weighted by Crippen LogP contribution is -2.54. The third kappa shape index (κ3) is 3.95. The van der Waals surface area contributed by atoms with Crippen molar-refractivity contribution in [1.82, 2.24) is 10.2 Å². The first-order chi connectivity index (χ1) is 9.11. The summed E-state index contributed by atoms with van der Waals surface area (Å²) in [7, 11) is 0. The van der Waals surface area contributed by atoms with Crippen LogP contribution < -0.4 is 5.32 Å². The molecule has 3 unspecified atom stereocenters. The van der Waals surface area contributed by atoms with Crippen LogP contribution in [-0.2, 0) is 0 Å². The van der Waals surface area contributed by atoms with Crippen molar-refractivity contribution in [3.63, 3.8) is 0 Å². The fourth-order valence-corrected chi connectivity index (χ4v) is 4.09. The van der Waals surface area contributed by atoms with Gasteiger partial charge < -0.3 is 10.2 Å². The zero-order chi connectivity index (χ0) is 13.8. The highest BCUT2D eigenvalue weighted by Crippen LogP contribution is 2.31. The van der Waals surface area contributed by atoms with E-state index in [0.717, 1.165) is 36.4 Å². The number of piperidine rings is 1. The van der Waals surface area contributed by atoms with E-state index in [1.165, 1.54) is 45.2 Å². The molecule has 2 aliphatic rings. The van der Waals surface area contributed by atoms with E-state index in [4.69, 9.17) is 0 Å². The van der Waals surface area contributed by atoms with Gasteiger partial charge in [-0.2, -0.15) is 0 Å². The first kappa shape index (κ1) is 15.3. The van der Waals surface area contributed by atoms with Gasteiger partial charge in [0.25, 0.3) is 0 Å². The standard InChI is InChI=1S/C17H34N2/c1-5-18-17-10-11-19(15(4)14(17)3)12-16-8-6-13(2)7-9-16/h13-18H,5-12H2,1-4H3. The third-order valence-electron chi connectivity index (χ3n) is 5.79. The Bertz CT molecular complexity index is 258. The van der Waals surface area contributed by atoms with Gasteiger partial charge in [-0.25, -0.2) is 0 Å². The highest BCUT2D eigenvalue weighted by atomic mass is 15.2. The highest BCUT2D eigenvalue weighted by molar-refractivity contribution is 4.89. The van der Waals surface area contributed by atoms with Gasteiger partial charge >= 0.3 is 0 Å². The Labute approximate surface area is 120 Å². The number of nitrogens with one attached hydrogen (secondary N) is 1. The van der Waals surface area contributed by atoms with E-state index in [1.807, 2.05) is 0 Å². The number of likely N-dealkylation sites (tertiary alicyclic amines) is 1. The molecule has 1 saturated heterocycles. The second kappa shape index (κ2) is 7.08. The predicted molar refractivity (Wildman–Crippen MR) is 83.4 cm³/mol. The summed E-state index contributed by atoms with van der Waals surface area (Å²) in [5.74, 6) is 2.74. The molecule has 0 bridgehead atoms. The molecule has 2 fully saturated rings. The topological polar surface area (TPSA) is 15.3 Å². The Hall–Kier alpha value is -0.0800. The smallest absolute Gasteiger partial charge is 0.0120 e. The van der Waals surface area contributed by atoms with Crippen LogP contribution in [0.1, 0.15) is 59.8 Å². The van der Waals surface area contributed by atoms with Crippen LogP contribution in [0.3, 0.4) is 0 Å². The molecule has 2 nitrogen and oxygen atoms in total. The fraction of sp³-hybridized carbons (Fsp3) is 1.00. The molecule has 2 heteroatoms. The van der Waals surface area contributed by atoms with Crippen LogP contribution in [0.25, 0.3) is 0 Å². The maximum absolute atomic E-state index is 3.67. The highest BCUT2D eigenvalue weighted by Gasteiger charge is 2.33. The van der Waals surface area contributed by atoms with E-state index in [2.05, 4.69) is 37.9 Å². The van der Waals surface area contributed by atoms with Crippen molar-refractivity contribution in [2.75, 3.05) is 19.6 Å². The number of hydrogen-bond donors (Lipinski definition) is 1. The Balaban J connectivity index is 1.81. The normalized spacial score (nSPS) is 41.4. The van der Waals surface area contributed by atoms with E-state index < -0.39 is 0 Å². The average molecular weight is 266 g/mol. The quantitative estimate of drug-likeness (QED) is 0.837. The zero-order valence-corrected chi connectivity index (χ0v) is 13.5. The van der Waals surface area contributed by atoms with Gasteiger partial charge in [-0.1, -0.05) is 33.6 Å². The van der Waals surface area contributed by atoms with Crippen molar-refractivity contribution in [1.29, 1.82) is 0 Å². The summed E-state index contributed by atoms with van der Waals surface area (Å²) in [5, 5.41) is 3.67. The van der Waals surface area contributed by atoms with Crippen LogP contribution in [0.4, 0.5) is 0 Å². The summed E-state index contributed by atoms with van der Waals surface area (Å²) >= 11 is 0. The van der Waals surface area contributed by atoms with Crippen molar-refractivity contribution >= 4 is 0 Å². The van der Waals surface area contributed by atoms with Gasteiger partial charge in [0.2, 0.25) is 0 Å². The minimum absolute atomic E-state index is 0.739. The summed E-state index contributed by atoms with van der Waals surface area (Å²) in [4.78, 5) is 2.78. The fourth-order valence-electron chi connectivity index (χ4n) is 4.09. The molecule has 0 amide bonds. The van der Waals surface area contributed by atoms with E-state index in [1.54, 1.807) is 0 Å². The van der Waals surface area contributed by atoms with Crippen LogP contribution in [0.2, 0.25) is 0 Å². The lowest BCUT2D eigenvalue weighted by atomic mass is 9.81. The molecule has 0 aromatic carbocycles. The molecule has 0 spiro atoms. The number of hydrogen-bond acceptors (Lipinski definition) is 2. The van der Waals surface area contributed by atoms with Crippen LogP contribution in [-0.4, -0.2) is 36.6 Å². The number of nitrogens with zero attached hydrogens (tertiary/aromatic N) is 1. The minimum atomic E-state index is 0.739. The van der Waals surface area contributed by atoms with E-state index >= 15 is 0 Å². The maximum Gasteiger partial charge on any atom is 0.0120 e. The summed E-state index contributed by atoms with van der Waals surface area (Å²) in [6.07, 6.45) is 7.19. The van der Waals surface area contributed by atoms with Gasteiger partial charge in [0.1, 0.15) is 0 Å². The molecule has 112 valence electrons. The summed E-state index contributed by atoms with van der Waals surface area (Å²) in [6, 6.07) is 1.49. The molecular formula is C17H34N2. The molecule has 0 radical (unpaired) electrons. The zero-order valence-electron chi connectivity index (χ0n) is 13.5. The minimum Gasteiger partial charge on any atom is -0.314 e. The first-order valence-corrected chi connectivity index (χ1v) is 8.59.